The summed E-state index contributed by atoms with van der Waals surface area (Å²) in [4.78, 5) is 31.5. The first-order valence-corrected chi connectivity index (χ1v) is 21.4. The van der Waals surface area contributed by atoms with Crippen molar-refractivity contribution in [2.75, 3.05) is 32.6 Å². The molecule has 11 rings (SSSR count). The lowest BCUT2D eigenvalue weighted by atomic mass is 9.32. The van der Waals surface area contributed by atoms with E-state index in [4.69, 9.17) is 9.47 Å². The van der Waals surface area contributed by atoms with Crippen LogP contribution < -0.4 is 14.8 Å². The van der Waals surface area contributed by atoms with E-state index in [1.807, 2.05) is 53.4 Å². The van der Waals surface area contributed by atoms with Crippen LogP contribution >= 0.6 is 0 Å². The number of rotatable bonds is 9. The lowest BCUT2D eigenvalue weighted by Gasteiger charge is -2.71. The molecule has 2 spiro atoms. The lowest BCUT2D eigenvalue weighted by molar-refractivity contribution is -0.176. The van der Waals surface area contributed by atoms with Crippen LogP contribution in [0.25, 0.3) is 0 Å². The Morgan fingerprint density at radius 3 is 2.12 bits per heavy atom. The maximum Gasteiger partial charge on any atom is 0.321 e. The highest BCUT2D eigenvalue weighted by Gasteiger charge is 2.74. The molecule has 56 heavy (non-hydrogen) atoms. The number of hydrogen-bond donors (Lipinski definition) is 3. The number of anilines is 1. The summed E-state index contributed by atoms with van der Waals surface area (Å²) in [5, 5.41) is 27.6. The highest BCUT2D eigenvalue weighted by atomic mass is 16.5. The molecule has 4 bridgehead atoms. The van der Waals surface area contributed by atoms with Crippen molar-refractivity contribution in [2.45, 2.75) is 104 Å². The second kappa shape index (κ2) is 12.9. The Kier molecular flexibility index (Phi) is 8.77. The van der Waals surface area contributed by atoms with Crippen LogP contribution in [0.15, 0.2) is 72.3 Å². The van der Waals surface area contributed by atoms with E-state index in [1.165, 1.54) is 12.8 Å². The van der Waals surface area contributed by atoms with Crippen LogP contribution in [-0.4, -0.2) is 65.9 Å². The number of ether oxygens (including phenoxy) is 2. The van der Waals surface area contributed by atoms with Crippen molar-refractivity contribution in [1.29, 1.82) is 0 Å². The fraction of sp³-hybridized carbons (Fsp3) is 0.625. The molecule has 11 atom stereocenters. The van der Waals surface area contributed by atoms with Gasteiger partial charge in [0.25, 0.3) is 0 Å². The van der Waals surface area contributed by atoms with Crippen LogP contribution in [0.1, 0.15) is 102 Å². The summed E-state index contributed by atoms with van der Waals surface area (Å²) in [7, 11) is 3.27. The second-order valence-electron chi connectivity index (χ2n) is 20.1. The number of allylic oxidation sites excluding steroid dienone is 4. The third kappa shape index (κ3) is 5.22. The number of ketones is 1. The number of aliphatic hydroxyl groups is 2. The van der Waals surface area contributed by atoms with E-state index in [0.29, 0.717) is 48.2 Å². The Balaban J connectivity index is 1.08. The average molecular weight is 763 g/mol. The zero-order valence-electron chi connectivity index (χ0n) is 34.3. The highest BCUT2D eigenvalue weighted by Crippen LogP contribution is 2.78. The minimum Gasteiger partial charge on any atom is -0.497 e. The van der Waals surface area contributed by atoms with Crippen LogP contribution in [-0.2, 0) is 0 Å². The molecule has 6 fully saturated rings. The van der Waals surface area contributed by atoms with Gasteiger partial charge in [-0.25, -0.2) is 4.79 Å². The van der Waals surface area contributed by atoms with E-state index in [-0.39, 0.29) is 41.0 Å². The van der Waals surface area contributed by atoms with Crippen LogP contribution in [0.4, 0.5) is 10.5 Å². The van der Waals surface area contributed by atoms with E-state index in [2.05, 4.69) is 51.2 Å². The summed E-state index contributed by atoms with van der Waals surface area (Å²) in [6, 6.07) is 14.7. The number of Topliss-reactive ketones (excluding diaryl/α,β-unsaturated/α-hetero) is 1. The average Bonchev–Trinajstić information content (AvgIpc) is 3.47. The molecule has 0 aliphatic heterocycles. The molecular weight excluding hydrogens is 701 g/mol. The Labute approximate surface area is 333 Å². The van der Waals surface area contributed by atoms with Crippen molar-refractivity contribution < 1.29 is 29.3 Å². The molecule has 8 heteroatoms. The predicted molar refractivity (Wildman–Crippen MR) is 218 cm³/mol. The first kappa shape index (κ1) is 37.9. The molecule has 0 saturated heterocycles. The standard InChI is InChI=1S/C48H62N2O6/c1-43(2)32-10-7-31(37(43)25-32)28-50(42(53)49-33-11-15-36(56-6)16-12-33)29-47(54)22-19-40-45(47,4)21-18-39-44(3)20-17-34(51)26-46(44)23-24-48(39,40)38(27-46)41(52)30-8-13-35(55-5)14-9-30/h8-9,11-16,23-24,27,31-32,34,37,39-40,51,54H,7,10,17-22,25-26,28-29H2,1-6H3,(H,49,53)/t31-,32-,34?,37-,39+,40+,44+,45-,46-,47+,48+/m0/s1. The van der Waals surface area contributed by atoms with E-state index < -0.39 is 27.9 Å². The van der Waals surface area contributed by atoms with Crippen molar-refractivity contribution in [3.63, 3.8) is 0 Å². The van der Waals surface area contributed by atoms with Gasteiger partial charge in [-0.2, -0.15) is 0 Å². The van der Waals surface area contributed by atoms with Crippen molar-refractivity contribution in [3.8, 4) is 11.5 Å². The Hall–Kier alpha value is -3.62. The number of benzene rings is 2. The molecular formula is C48H62N2O6. The molecule has 300 valence electrons. The largest absolute Gasteiger partial charge is 0.497 e. The van der Waals surface area contributed by atoms with E-state index in [0.717, 1.165) is 55.8 Å². The number of nitrogens with zero attached hydrogens (tertiary/aromatic N) is 1. The smallest absolute Gasteiger partial charge is 0.321 e. The van der Waals surface area contributed by atoms with Gasteiger partial charge in [0.1, 0.15) is 11.5 Å². The quantitative estimate of drug-likeness (QED) is 0.174. The fourth-order valence-electron chi connectivity index (χ4n) is 14.4. The van der Waals surface area contributed by atoms with Crippen LogP contribution in [0.5, 0.6) is 11.5 Å². The molecule has 9 aliphatic carbocycles. The third-order valence-electron chi connectivity index (χ3n) is 17.8. The van der Waals surface area contributed by atoms with Crippen molar-refractivity contribution in [3.05, 3.63) is 77.9 Å². The molecule has 1 unspecified atom stereocenters. The summed E-state index contributed by atoms with van der Waals surface area (Å²) >= 11 is 0. The van der Waals surface area contributed by atoms with Gasteiger partial charge < -0.3 is 29.9 Å². The molecule has 9 aliphatic rings. The molecule has 6 saturated carbocycles. The number of urea groups is 1. The molecule has 0 heterocycles. The normalized spacial score (nSPS) is 41.0. The van der Waals surface area contributed by atoms with Crippen LogP contribution in [0.2, 0.25) is 0 Å². The first-order chi connectivity index (χ1) is 26.6. The van der Waals surface area contributed by atoms with Gasteiger partial charge in [0.15, 0.2) is 5.78 Å². The fourth-order valence-corrected chi connectivity index (χ4v) is 14.4. The molecule has 3 N–H and O–H groups in total. The summed E-state index contributed by atoms with van der Waals surface area (Å²) in [5.41, 5.74) is -0.360. The number of nitrogens with one attached hydrogen (secondary N) is 1. The first-order valence-electron chi connectivity index (χ1n) is 21.4. The monoisotopic (exact) mass is 762 g/mol. The van der Waals surface area contributed by atoms with Crippen molar-refractivity contribution in [2.24, 2.45) is 56.7 Å². The Morgan fingerprint density at radius 1 is 0.821 bits per heavy atom. The number of amides is 2. The topological polar surface area (TPSA) is 108 Å². The summed E-state index contributed by atoms with van der Waals surface area (Å²) in [5.74, 6) is 3.36. The van der Waals surface area contributed by atoms with Gasteiger partial charge in [0, 0.05) is 39.6 Å². The molecule has 2 amide bonds. The number of carbonyl (C=O) groups is 2. The third-order valence-corrected chi connectivity index (χ3v) is 17.8. The summed E-state index contributed by atoms with van der Waals surface area (Å²) < 4.78 is 10.8. The van der Waals surface area contributed by atoms with Crippen LogP contribution in [0, 0.1) is 56.7 Å². The second-order valence-corrected chi connectivity index (χ2v) is 20.1. The number of carbonyl (C=O) groups excluding carboxylic acids is 2. The molecule has 0 radical (unpaired) electrons. The Bertz CT molecular complexity index is 1950. The van der Waals surface area contributed by atoms with Crippen molar-refractivity contribution >= 4 is 17.5 Å². The lowest BCUT2D eigenvalue weighted by Crippen LogP contribution is -2.67. The van der Waals surface area contributed by atoms with Crippen LogP contribution in [0.3, 0.4) is 0 Å². The van der Waals surface area contributed by atoms with Gasteiger partial charge in [0.2, 0.25) is 0 Å². The van der Waals surface area contributed by atoms with Crippen molar-refractivity contribution in [1.82, 2.24) is 4.90 Å². The predicted octanol–water partition coefficient (Wildman–Crippen LogP) is 9.08. The zero-order valence-corrected chi connectivity index (χ0v) is 34.3. The van der Waals surface area contributed by atoms with E-state index in [9.17, 15) is 15.0 Å². The molecule has 2 aromatic carbocycles. The van der Waals surface area contributed by atoms with E-state index in [1.54, 1.807) is 14.2 Å². The minimum absolute atomic E-state index is 0.00192. The summed E-state index contributed by atoms with van der Waals surface area (Å²) in [6.07, 6.45) is 15.4. The summed E-state index contributed by atoms with van der Waals surface area (Å²) in [6.45, 7) is 10.3. The minimum atomic E-state index is -1.15. The maximum atomic E-state index is 15.0. The van der Waals surface area contributed by atoms with Gasteiger partial charge in [-0.15, -0.1) is 0 Å². The SMILES string of the molecule is COc1ccc(NC(=O)N(C[C@@H]2CC[C@H]3C[C@@H]2C3(C)C)C[C@]2(O)CC[C@H]3[C@]45C=C[C@@]6(C=C4C(=O)c4ccc(OC)cc4)CC(O)CC[C@]6(C)[C@H]5CC[C@@]32C)cc1. The molecule has 2 aromatic rings. The van der Waals surface area contributed by atoms with Gasteiger partial charge in [0.05, 0.1) is 32.5 Å². The zero-order chi connectivity index (χ0) is 39.5. The van der Waals surface area contributed by atoms with Gasteiger partial charge >= 0.3 is 6.03 Å². The van der Waals surface area contributed by atoms with Gasteiger partial charge in [-0.05, 0) is 153 Å². The molecule has 0 aromatic heterocycles. The number of aliphatic hydroxyl groups excluding tert-OH is 1. The number of methoxy groups -OCH3 is 2. The number of fused-ring (bicyclic) bond motifs is 3. The van der Waals surface area contributed by atoms with Gasteiger partial charge in [-0.3, -0.25) is 4.79 Å². The highest BCUT2D eigenvalue weighted by molar-refractivity contribution is 6.10. The number of hydrogen-bond acceptors (Lipinski definition) is 6. The molecule has 8 nitrogen and oxygen atoms in total. The Morgan fingerprint density at radius 2 is 1.46 bits per heavy atom. The maximum absolute atomic E-state index is 15.0. The van der Waals surface area contributed by atoms with E-state index >= 15 is 4.79 Å². The van der Waals surface area contributed by atoms with Gasteiger partial charge in [-0.1, -0.05) is 45.9 Å².